The number of hydrogen-bond acceptors (Lipinski definition) is 4. The molecule has 0 atom stereocenters. The van der Waals surface area contributed by atoms with Crippen LogP contribution in [0.15, 0.2) is 23.1 Å². The predicted molar refractivity (Wildman–Crippen MR) is 71.8 cm³/mol. The van der Waals surface area contributed by atoms with E-state index in [1.807, 2.05) is 4.72 Å². The minimum atomic E-state index is -4.43. The van der Waals surface area contributed by atoms with Gasteiger partial charge in [-0.1, -0.05) is 6.07 Å². The van der Waals surface area contributed by atoms with Crippen LogP contribution >= 0.6 is 11.8 Å². The van der Waals surface area contributed by atoms with Gasteiger partial charge in [0, 0.05) is 12.3 Å². The molecule has 0 heterocycles. The maximum atomic E-state index is 12.0. The first-order valence-electron chi connectivity index (χ1n) is 5.58. The standard InChI is InChI=1S/C11H12F3NO4S2/c1-7-8(10(16)17)3-2-4-9(7)21(18,19)15-5-6-20-11(12,13)14/h2-4,15H,5-6H2,1H3,(H,16,17). The fourth-order valence-corrected chi connectivity index (χ4v) is 3.42. The molecular formula is C11H12F3NO4S2. The van der Waals surface area contributed by atoms with E-state index < -0.39 is 33.8 Å². The molecular weight excluding hydrogens is 331 g/mol. The summed E-state index contributed by atoms with van der Waals surface area (Å²) in [4.78, 5) is 10.7. The third-order valence-corrected chi connectivity index (χ3v) is 4.80. The number of nitrogens with one attached hydrogen (secondary N) is 1. The first-order valence-corrected chi connectivity index (χ1v) is 8.05. The Balaban J connectivity index is 2.84. The lowest BCUT2D eigenvalue weighted by Gasteiger charge is -2.11. The van der Waals surface area contributed by atoms with E-state index in [0.29, 0.717) is 0 Å². The highest BCUT2D eigenvalue weighted by atomic mass is 32.2. The molecule has 0 aliphatic rings. The quantitative estimate of drug-likeness (QED) is 0.774. The summed E-state index contributed by atoms with van der Waals surface area (Å²) < 4.78 is 61.7. The average molecular weight is 343 g/mol. The molecule has 0 aromatic heterocycles. The molecule has 0 fully saturated rings. The number of carbonyl (C=O) groups is 1. The van der Waals surface area contributed by atoms with E-state index in [0.717, 1.165) is 0 Å². The number of rotatable bonds is 6. The number of sulfonamides is 1. The molecule has 1 aromatic carbocycles. The van der Waals surface area contributed by atoms with Gasteiger partial charge >= 0.3 is 11.5 Å². The third-order valence-electron chi connectivity index (χ3n) is 2.46. The van der Waals surface area contributed by atoms with Crippen LogP contribution in [-0.4, -0.2) is 37.3 Å². The molecule has 5 nitrogen and oxygen atoms in total. The molecule has 0 spiro atoms. The number of halogens is 3. The average Bonchev–Trinajstić information content (AvgIpc) is 2.33. The van der Waals surface area contributed by atoms with Crippen molar-refractivity contribution in [1.29, 1.82) is 0 Å². The summed E-state index contributed by atoms with van der Waals surface area (Å²) in [6.07, 6.45) is 0. The smallest absolute Gasteiger partial charge is 0.441 e. The Hall–Kier alpha value is -1.26. The van der Waals surface area contributed by atoms with E-state index >= 15 is 0 Å². The van der Waals surface area contributed by atoms with Gasteiger partial charge in [0.25, 0.3) is 0 Å². The first kappa shape index (κ1) is 17.8. The molecule has 0 bridgehead atoms. The predicted octanol–water partition coefficient (Wildman–Crippen LogP) is 2.22. The molecule has 0 saturated carbocycles. The van der Waals surface area contributed by atoms with Crippen LogP contribution in [0.5, 0.6) is 0 Å². The second-order valence-corrected chi connectivity index (χ2v) is 6.82. The molecule has 1 rings (SSSR count). The minimum absolute atomic E-state index is 0.0287. The lowest BCUT2D eigenvalue weighted by atomic mass is 10.1. The highest BCUT2D eigenvalue weighted by Gasteiger charge is 2.28. The summed E-state index contributed by atoms with van der Waals surface area (Å²) in [5.74, 6) is -1.75. The van der Waals surface area contributed by atoms with Gasteiger partial charge in [-0.15, -0.1) is 0 Å². The van der Waals surface area contributed by atoms with Crippen molar-refractivity contribution in [3.05, 3.63) is 29.3 Å². The van der Waals surface area contributed by atoms with E-state index in [2.05, 4.69) is 0 Å². The summed E-state index contributed by atoms with van der Waals surface area (Å²) in [5, 5.41) is 8.92. The number of aromatic carboxylic acids is 1. The normalized spacial score (nSPS) is 12.4. The SMILES string of the molecule is Cc1c(C(=O)O)cccc1S(=O)(=O)NCCSC(F)(F)F. The van der Waals surface area contributed by atoms with E-state index in [1.54, 1.807) is 0 Å². The Labute approximate surface area is 123 Å². The lowest BCUT2D eigenvalue weighted by Crippen LogP contribution is -2.27. The maximum absolute atomic E-state index is 12.0. The zero-order valence-corrected chi connectivity index (χ0v) is 12.4. The van der Waals surface area contributed by atoms with Crippen molar-refractivity contribution in [2.24, 2.45) is 0 Å². The van der Waals surface area contributed by atoms with Crippen LogP contribution in [0.4, 0.5) is 13.2 Å². The molecule has 0 saturated heterocycles. The molecule has 0 amide bonds. The molecule has 21 heavy (non-hydrogen) atoms. The van der Waals surface area contributed by atoms with Crippen molar-refractivity contribution >= 4 is 27.8 Å². The summed E-state index contributed by atoms with van der Waals surface area (Å²) >= 11 is -0.339. The zero-order valence-electron chi connectivity index (χ0n) is 10.8. The van der Waals surface area contributed by atoms with Gasteiger partial charge in [0.1, 0.15) is 0 Å². The molecule has 1 aromatic rings. The fourth-order valence-electron chi connectivity index (χ4n) is 1.56. The van der Waals surface area contributed by atoms with Gasteiger partial charge in [-0.3, -0.25) is 0 Å². The van der Waals surface area contributed by atoms with E-state index in [9.17, 15) is 26.4 Å². The van der Waals surface area contributed by atoms with Gasteiger partial charge in [-0.2, -0.15) is 13.2 Å². The highest BCUT2D eigenvalue weighted by molar-refractivity contribution is 8.00. The van der Waals surface area contributed by atoms with Gasteiger partial charge in [0.05, 0.1) is 10.5 Å². The Morgan fingerprint density at radius 2 is 2.00 bits per heavy atom. The molecule has 2 N–H and O–H groups in total. The topological polar surface area (TPSA) is 83.5 Å². The number of carboxylic acids is 1. The van der Waals surface area contributed by atoms with Crippen LogP contribution in [0.25, 0.3) is 0 Å². The Morgan fingerprint density at radius 3 is 2.52 bits per heavy atom. The van der Waals surface area contributed by atoms with E-state index in [1.165, 1.54) is 25.1 Å². The molecule has 0 radical (unpaired) electrons. The van der Waals surface area contributed by atoms with Crippen molar-refractivity contribution in [3.63, 3.8) is 0 Å². The summed E-state index contributed by atoms with van der Waals surface area (Å²) in [6, 6.07) is 3.70. The van der Waals surface area contributed by atoms with Crippen LogP contribution in [-0.2, 0) is 10.0 Å². The minimum Gasteiger partial charge on any atom is -0.478 e. The second-order valence-electron chi connectivity index (χ2n) is 3.93. The van der Waals surface area contributed by atoms with Crippen molar-refractivity contribution in [1.82, 2.24) is 4.72 Å². The van der Waals surface area contributed by atoms with Gasteiger partial charge in [-0.05, 0) is 36.4 Å². The maximum Gasteiger partial charge on any atom is 0.441 e. The highest BCUT2D eigenvalue weighted by Crippen LogP contribution is 2.29. The summed E-state index contributed by atoms with van der Waals surface area (Å²) in [7, 11) is -4.06. The van der Waals surface area contributed by atoms with Gasteiger partial charge in [-0.25, -0.2) is 17.9 Å². The van der Waals surface area contributed by atoms with E-state index in [4.69, 9.17) is 5.11 Å². The molecule has 10 heteroatoms. The molecule has 118 valence electrons. The van der Waals surface area contributed by atoms with Crippen LogP contribution in [0.3, 0.4) is 0 Å². The van der Waals surface area contributed by atoms with Gasteiger partial charge in [0.2, 0.25) is 10.0 Å². The summed E-state index contributed by atoms with van der Waals surface area (Å²) in [5.41, 5.74) is -4.58. The number of hydrogen-bond donors (Lipinski definition) is 2. The van der Waals surface area contributed by atoms with Crippen LogP contribution in [0, 0.1) is 6.92 Å². The number of alkyl halides is 3. The van der Waals surface area contributed by atoms with Crippen LogP contribution in [0.2, 0.25) is 0 Å². The van der Waals surface area contributed by atoms with Gasteiger partial charge in [0.15, 0.2) is 0 Å². The molecule has 0 aliphatic heterocycles. The molecule has 0 unspecified atom stereocenters. The Kier molecular flexibility index (Phi) is 5.65. The first-order chi connectivity index (χ1) is 9.54. The van der Waals surface area contributed by atoms with Crippen molar-refractivity contribution in [2.75, 3.05) is 12.3 Å². The Morgan fingerprint density at radius 1 is 1.38 bits per heavy atom. The van der Waals surface area contributed by atoms with Crippen LogP contribution < -0.4 is 4.72 Å². The lowest BCUT2D eigenvalue weighted by molar-refractivity contribution is -0.0327. The van der Waals surface area contributed by atoms with Crippen molar-refractivity contribution in [3.8, 4) is 0 Å². The number of benzene rings is 1. The van der Waals surface area contributed by atoms with Crippen molar-refractivity contribution < 1.29 is 31.5 Å². The third kappa shape index (κ3) is 5.21. The van der Waals surface area contributed by atoms with Gasteiger partial charge < -0.3 is 5.11 Å². The largest absolute Gasteiger partial charge is 0.478 e. The molecule has 0 aliphatic carbocycles. The number of thioether (sulfide) groups is 1. The second kappa shape index (κ2) is 6.67. The monoisotopic (exact) mass is 343 g/mol. The number of carboxylic acid groups (broad SMARTS) is 1. The van der Waals surface area contributed by atoms with Crippen LogP contribution in [0.1, 0.15) is 15.9 Å². The van der Waals surface area contributed by atoms with Crippen molar-refractivity contribution in [2.45, 2.75) is 17.3 Å². The van der Waals surface area contributed by atoms with E-state index in [-0.39, 0.29) is 27.8 Å². The summed E-state index contributed by atoms with van der Waals surface area (Å²) in [6.45, 7) is 0.908. The Bertz CT molecular complexity index is 629. The zero-order chi connectivity index (χ0) is 16.3. The fraction of sp³-hybridized carbons (Fsp3) is 0.364.